The number of nitrogens with one attached hydrogen (secondary N) is 2. The normalized spacial score (nSPS) is 24.7. The summed E-state index contributed by atoms with van der Waals surface area (Å²) in [5, 5.41) is 13.8. The highest BCUT2D eigenvalue weighted by molar-refractivity contribution is 6.00. The molecule has 1 heterocycles. The standard InChI is InChI=1S/C19H14F6N2O3/c20-18(21,22)12-8-6-10(7-9-12)14-13(15(28)11-4-2-1-3-5-11)17(30,19(23,24)25)27-16(29)26-14/h1-9,13-14,30H,(H2,26,27,29)/t13-,14+,17+/m0/s1. The molecule has 1 fully saturated rings. The predicted molar refractivity (Wildman–Crippen MR) is 91.1 cm³/mol. The Balaban J connectivity index is 2.13. The highest BCUT2D eigenvalue weighted by Gasteiger charge is 2.66. The first-order chi connectivity index (χ1) is 13.8. The van der Waals surface area contributed by atoms with Crippen molar-refractivity contribution in [1.82, 2.24) is 10.6 Å². The van der Waals surface area contributed by atoms with E-state index in [0.29, 0.717) is 12.1 Å². The number of urea groups is 1. The fourth-order valence-electron chi connectivity index (χ4n) is 3.28. The lowest BCUT2D eigenvalue weighted by Crippen LogP contribution is -2.72. The number of ketones is 1. The average Bonchev–Trinajstić information content (AvgIpc) is 2.66. The van der Waals surface area contributed by atoms with E-state index in [2.05, 4.69) is 5.32 Å². The van der Waals surface area contributed by atoms with E-state index in [1.807, 2.05) is 0 Å². The molecule has 0 unspecified atom stereocenters. The lowest BCUT2D eigenvalue weighted by Gasteiger charge is -2.45. The van der Waals surface area contributed by atoms with Crippen LogP contribution in [0, 0.1) is 5.92 Å². The highest BCUT2D eigenvalue weighted by atomic mass is 19.4. The molecule has 2 aromatic carbocycles. The molecule has 0 aromatic heterocycles. The number of benzene rings is 2. The van der Waals surface area contributed by atoms with Gasteiger partial charge in [-0.15, -0.1) is 0 Å². The van der Waals surface area contributed by atoms with Gasteiger partial charge in [0.05, 0.1) is 11.6 Å². The maximum atomic E-state index is 13.7. The number of carbonyl (C=O) groups excluding carboxylic acids is 2. The third-order valence-corrected chi connectivity index (χ3v) is 4.74. The van der Waals surface area contributed by atoms with Gasteiger partial charge in [-0.05, 0) is 17.7 Å². The Kier molecular flexibility index (Phi) is 5.27. The van der Waals surface area contributed by atoms with E-state index in [9.17, 15) is 41.0 Å². The molecule has 2 amide bonds. The Hall–Kier alpha value is -3.08. The Labute approximate surface area is 165 Å². The molecular weight excluding hydrogens is 418 g/mol. The maximum absolute atomic E-state index is 13.7. The third kappa shape index (κ3) is 3.84. The maximum Gasteiger partial charge on any atom is 0.437 e. The molecule has 2 aromatic rings. The molecule has 30 heavy (non-hydrogen) atoms. The number of aliphatic hydroxyl groups is 1. The van der Waals surface area contributed by atoms with Crippen molar-refractivity contribution < 1.29 is 41.0 Å². The van der Waals surface area contributed by atoms with Crippen molar-refractivity contribution in [2.45, 2.75) is 24.1 Å². The van der Waals surface area contributed by atoms with E-state index < -0.39 is 47.4 Å². The number of alkyl halides is 6. The molecule has 0 spiro atoms. The SMILES string of the molecule is O=C1N[C@H](c2ccc(C(F)(F)F)cc2)[C@@H](C(=O)c2ccccc2)[C@@](O)(C(F)(F)F)N1. The van der Waals surface area contributed by atoms with Gasteiger partial charge in [0.1, 0.15) is 5.92 Å². The second-order valence-corrected chi connectivity index (χ2v) is 6.67. The van der Waals surface area contributed by atoms with Crippen LogP contribution in [0.1, 0.15) is 27.5 Å². The fraction of sp³-hybridized carbons (Fsp3) is 0.263. The fourth-order valence-corrected chi connectivity index (χ4v) is 3.28. The summed E-state index contributed by atoms with van der Waals surface area (Å²) >= 11 is 0. The first-order valence-corrected chi connectivity index (χ1v) is 8.49. The molecule has 1 aliphatic heterocycles. The number of carbonyl (C=O) groups is 2. The molecule has 3 rings (SSSR count). The summed E-state index contributed by atoms with van der Waals surface area (Å²) in [6.45, 7) is 0. The number of hydrogen-bond donors (Lipinski definition) is 3. The van der Waals surface area contributed by atoms with Crippen LogP contribution in [0.3, 0.4) is 0 Å². The van der Waals surface area contributed by atoms with E-state index in [1.54, 1.807) is 0 Å². The number of hydrogen-bond acceptors (Lipinski definition) is 3. The van der Waals surface area contributed by atoms with Crippen LogP contribution in [0.5, 0.6) is 0 Å². The van der Waals surface area contributed by atoms with Crippen LogP contribution in [0.25, 0.3) is 0 Å². The van der Waals surface area contributed by atoms with Crippen LogP contribution in [-0.4, -0.2) is 28.8 Å². The van der Waals surface area contributed by atoms with Crippen LogP contribution in [0.2, 0.25) is 0 Å². The summed E-state index contributed by atoms with van der Waals surface area (Å²) in [4.78, 5) is 24.8. The van der Waals surface area contributed by atoms with Crippen LogP contribution in [0.15, 0.2) is 54.6 Å². The Bertz CT molecular complexity index is 943. The summed E-state index contributed by atoms with van der Waals surface area (Å²) in [6, 6.07) is 6.48. The number of amides is 2. The van der Waals surface area contributed by atoms with Crippen molar-refractivity contribution >= 4 is 11.8 Å². The zero-order valence-corrected chi connectivity index (χ0v) is 14.9. The molecule has 11 heteroatoms. The molecule has 5 nitrogen and oxygen atoms in total. The van der Waals surface area contributed by atoms with Gasteiger partial charge in [-0.25, -0.2) is 4.79 Å². The molecular formula is C19H14F6N2O3. The lowest BCUT2D eigenvalue weighted by atomic mass is 9.77. The van der Waals surface area contributed by atoms with E-state index in [0.717, 1.165) is 12.1 Å². The number of halogens is 6. The minimum Gasteiger partial charge on any atom is -0.363 e. The molecule has 3 atom stereocenters. The van der Waals surface area contributed by atoms with Gasteiger partial charge < -0.3 is 15.7 Å². The summed E-state index contributed by atoms with van der Waals surface area (Å²) in [5.74, 6) is -3.47. The van der Waals surface area contributed by atoms with Crippen LogP contribution in [-0.2, 0) is 6.18 Å². The molecule has 3 N–H and O–H groups in total. The van der Waals surface area contributed by atoms with E-state index in [1.165, 1.54) is 35.6 Å². The summed E-state index contributed by atoms with van der Waals surface area (Å²) < 4.78 is 79.6. The number of rotatable bonds is 3. The third-order valence-electron chi connectivity index (χ3n) is 4.74. The molecule has 0 aliphatic carbocycles. The Morgan fingerprint density at radius 1 is 0.933 bits per heavy atom. The van der Waals surface area contributed by atoms with E-state index in [4.69, 9.17) is 0 Å². The molecule has 0 saturated carbocycles. The largest absolute Gasteiger partial charge is 0.437 e. The van der Waals surface area contributed by atoms with Crippen molar-refractivity contribution in [3.05, 3.63) is 71.3 Å². The van der Waals surface area contributed by atoms with Gasteiger partial charge in [0.15, 0.2) is 5.78 Å². The lowest BCUT2D eigenvalue weighted by molar-refractivity contribution is -0.287. The van der Waals surface area contributed by atoms with E-state index >= 15 is 0 Å². The van der Waals surface area contributed by atoms with Crippen molar-refractivity contribution in [2.24, 2.45) is 5.92 Å². The zero-order valence-electron chi connectivity index (χ0n) is 14.9. The van der Waals surface area contributed by atoms with Crippen LogP contribution < -0.4 is 10.6 Å². The van der Waals surface area contributed by atoms with Crippen molar-refractivity contribution in [1.29, 1.82) is 0 Å². The minimum atomic E-state index is -5.45. The number of Topliss-reactive ketones (excluding diaryl/α,β-unsaturated/α-hetero) is 1. The second kappa shape index (κ2) is 7.31. The minimum absolute atomic E-state index is 0.181. The topological polar surface area (TPSA) is 78.4 Å². The van der Waals surface area contributed by atoms with Gasteiger partial charge in [-0.2, -0.15) is 26.3 Å². The van der Waals surface area contributed by atoms with Gasteiger partial charge >= 0.3 is 18.4 Å². The van der Waals surface area contributed by atoms with Crippen molar-refractivity contribution in [2.75, 3.05) is 0 Å². The van der Waals surface area contributed by atoms with Gasteiger partial charge in [0, 0.05) is 5.56 Å². The van der Waals surface area contributed by atoms with Gasteiger partial charge in [-0.1, -0.05) is 42.5 Å². The van der Waals surface area contributed by atoms with Gasteiger partial charge in [0.2, 0.25) is 5.72 Å². The predicted octanol–water partition coefficient (Wildman–Crippen LogP) is 3.81. The van der Waals surface area contributed by atoms with Crippen LogP contribution in [0.4, 0.5) is 31.1 Å². The van der Waals surface area contributed by atoms with Crippen molar-refractivity contribution in [3.8, 4) is 0 Å². The van der Waals surface area contributed by atoms with Crippen molar-refractivity contribution in [3.63, 3.8) is 0 Å². The average molecular weight is 432 g/mol. The second-order valence-electron chi connectivity index (χ2n) is 6.67. The first kappa shape index (κ1) is 21.6. The molecule has 160 valence electrons. The smallest absolute Gasteiger partial charge is 0.363 e. The quantitative estimate of drug-likeness (QED) is 0.510. The Morgan fingerprint density at radius 3 is 2.00 bits per heavy atom. The molecule has 1 aliphatic rings. The molecule has 1 saturated heterocycles. The van der Waals surface area contributed by atoms with E-state index in [-0.39, 0.29) is 11.1 Å². The first-order valence-electron chi connectivity index (χ1n) is 8.49. The highest BCUT2D eigenvalue weighted by Crippen LogP contribution is 2.44. The zero-order chi connectivity index (χ0) is 22.3. The molecule has 0 radical (unpaired) electrons. The van der Waals surface area contributed by atoms with Gasteiger partial charge in [0.25, 0.3) is 0 Å². The summed E-state index contributed by atoms with van der Waals surface area (Å²) in [7, 11) is 0. The molecule has 0 bridgehead atoms. The summed E-state index contributed by atoms with van der Waals surface area (Å²) in [6.07, 6.45) is -10.1. The monoisotopic (exact) mass is 432 g/mol. The summed E-state index contributed by atoms with van der Waals surface area (Å²) in [5.41, 5.74) is -5.41. The Morgan fingerprint density at radius 2 is 1.50 bits per heavy atom. The van der Waals surface area contributed by atoms with Gasteiger partial charge in [-0.3, -0.25) is 4.79 Å². The van der Waals surface area contributed by atoms with Crippen LogP contribution >= 0.6 is 0 Å².